The molecule has 2 aliphatic rings. The number of likely N-dealkylation sites (N-methyl/N-ethyl adjacent to an activating group) is 1. The van der Waals surface area contributed by atoms with Crippen molar-refractivity contribution in [2.45, 2.75) is 30.3 Å². The minimum Gasteiger partial charge on any atom is -0.508 e. The number of rotatable bonds is 1. The zero-order valence-electron chi connectivity index (χ0n) is 15.3. The Bertz CT molecular complexity index is 1050. The average molecular weight is 366 g/mol. The van der Waals surface area contributed by atoms with Gasteiger partial charge in [-0.1, -0.05) is 18.2 Å². The van der Waals surface area contributed by atoms with E-state index in [-0.39, 0.29) is 11.6 Å². The van der Waals surface area contributed by atoms with Gasteiger partial charge in [-0.25, -0.2) is 4.39 Å². The van der Waals surface area contributed by atoms with E-state index in [9.17, 15) is 14.6 Å². The van der Waals surface area contributed by atoms with Crippen molar-refractivity contribution in [3.8, 4) is 5.75 Å². The number of phenols is 1. The van der Waals surface area contributed by atoms with Crippen LogP contribution in [0.25, 0.3) is 10.9 Å². The number of aromatic nitrogens is 1. The molecule has 0 radical (unpaired) electrons. The Hall–Kier alpha value is -2.37. The van der Waals surface area contributed by atoms with Crippen molar-refractivity contribution in [2.75, 3.05) is 20.1 Å². The van der Waals surface area contributed by atoms with Gasteiger partial charge in [0.05, 0.1) is 5.60 Å². The van der Waals surface area contributed by atoms with E-state index in [1.165, 1.54) is 6.07 Å². The summed E-state index contributed by atoms with van der Waals surface area (Å²) >= 11 is 0. The van der Waals surface area contributed by atoms with Gasteiger partial charge >= 0.3 is 0 Å². The molecule has 2 aromatic carbocycles. The van der Waals surface area contributed by atoms with Crippen molar-refractivity contribution >= 4 is 10.9 Å². The van der Waals surface area contributed by atoms with E-state index in [1.807, 2.05) is 25.2 Å². The molecule has 1 aliphatic carbocycles. The highest BCUT2D eigenvalue weighted by Crippen LogP contribution is 2.51. The molecule has 1 fully saturated rings. The van der Waals surface area contributed by atoms with Crippen LogP contribution in [0.3, 0.4) is 0 Å². The molecule has 0 spiro atoms. The van der Waals surface area contributed by atoms with Crippen LogP contribution in [0, 0.1) is 5.82 Å². The van der Waals surface area contributed by atoms with Gasteiger partial charge in [-0.15, -0.1) is 0 Å². The summed E-state index contributed by atoms with van der Waals surface area (Å²) in [6.07, 6.45) is 1.77. The summed E-state index contributed by atoms with van der Waals surface area (Å²) in [6.45, 7) is 1.38. The second-order valence-electron chi connectivity index (χ2n) is 8.25. The number of aliphatic hydroxyl groups is 1. The third-order valence-corrected chi connectivity index (χ3v) is 6.65. The van der Waals surface area contributed by atoms with Crippen molar-refractivity contribution in [3.63, 3.8) is 0 Å². The van der Waals surface area contributed by atoms with Crippen molar-refractivity contribution < 1.29 is 14.6 Å². The SMILES string of the molecule is CN1CC[C@@]2(c3cccc(O)c3)Cc3[nH]c4cccc(F)c4c3C[C@]2(O)C1. The van der Waals surface area contributed by atoms with E-state index in [2.05, 4.69) is 9.88 Å². The lowest BCUT2D eigenvalue weighted by Gasteiger charge is -2.55. The van der Waals surface area contributed by atoms with Gasteiger partial charge in [0.1, 0.15) is 11.6 Å². The fourth-order valence-corrected chi connectivity index (χ4v) is 5.35. The Morgan fingerprint density at radius 3 is 2.78 bits per heavy atom. The minimum absolute atomic E-state index is 0.205. The maximum absolute atomic E-state index is 14.6. The van der Waals surface area contributed by atoms with Crippen LogP contribution in [0.1, 0.15) is 23.2 Å². The number of piperidine rings is 1. The summed E-state index contributed by atoms with van der Waals surface area (Å²) in [7, 11) is 2.01. The first kappa shape index (κ1) is 16.8. The molecule has 0 bridgehead atoms. The average Bonchev–Trinajstić information content (AvgIpc) is 2.97. The predicted octanol–water partition coefficient (Wildman–Crippen LogP) is 3.12. The Kier molecular flexibility index (Phi) is 3.46. The van der Waals surface area contributed by atoms with E-state index < -0.39 is 11.0 Å². The first-order valence-electron chi connectivity index (χ1n) is 9.40. The Balaban J connectivity index is 1.75. The van der Waals surface area contributed by atoms with E-state index in [0.717, 1.165) is 35.3 Å². The lowest BCUT2D eigenvalue weighted by Crippen LogP contribution is -2.65. The Morgan fingerprint density at radius 2 is 1.96 bits per heavy atom. The molecule has 5 heteroatoms. The van der Waals surface area contributed by atoms with E-state index in [1.54, 1.807) is 18.2 Å². The molecule has 27 heavy (non-hydrogen) atoms. The number of halogens is 1. The predicted molar refractivity (Wildman–Crippen MR) is 103 cm³/mol. The number of β-amino-alcohol motifs (C(OH)–C–C–N with tert-alkyl or cyclic N) is 1. The third kappa shape index (κ3) is 2.28. The number of phenolic OH excluding ortho intramolecular Hbond substituents is 1. The number of nitrogens with one attached hydrogen (secondary N) is 1. The summed E-state index contributed by atoms with van der Waals surface area (Å²) in [4.78, 5) is 5.54. The molecule has 3 N–H and O–H groups in total. The molecule has 0 amide bonds. The van der Waals surface area contributed by atoms with Crippen LogP contribution >= 0.6 is 0 Å². The number of aromatic amines is 1. The minimum atomic E-state index is -1.03. The van der Waals surface area contributed by atoms with Gasteiger partial charge in [0.25, 0.3) is 0 Å². The van der Waals surface area contributed by atoms with Crippen molar-refractivity contribution in [3.05, 3.63) is 65.1 Å². The Labute approximate surface area is 157 Å². The number of H-pyrrole nitrogens is 1. The molecule has 3 aromatic rings. The molecule has 5 rings (SSSR count). The topological polar surface area (TPSA) is 59.5 Å². The molecule has 1 aromatic heterocycles. The standard InChI is InChI=1S/C22H23FN2O2/c1-25-9-8-21(14-4-2-5-15(26)10-14)12-19-16(11-22(21,27)13-25)20-17(23)6-3-7-18(20)24-19/h2-7,10,24,26-27H,8-9,11-13H2,1H3/t21-,22-/m0/s1. The lowest BCUT2D eigenvalue weighted by molar-refractivity contribution is -0.0972. The largest absolute Gasteiger partial charge is 0.508 e. The second kappa shape index (κ2) is 5.57. The van der Waals surface area contributed by atoms with Crippen LogP contribution < -0.4 is 0 Å². The molecule has 2 atom stereocenters. The summed E-state index contributed by atoms with van der Waals surface area (Å²) in [5.41, 5.74) is 2.06. The molecular formula is C22H23FN2O2. The maximum Gasteiger partial charge on any atom is 0.132 e. The number of hydrogen-bond acceptors (Lipinski definition) is 3. The second-order valence-corrected chi connectivity index (χ2v) is 8.25. The van der Waals surface area contributed by atoms with E-state index in [4.69, 9.17) is 0 Å². The van der Waals surface area contributed by atoms with Crippen LogP contribution in [-0.4, -0.2) is 45.8 Å². The van der Waals surface area contributed by atoms with Crippen LogP contribution in [0.4, 0.5) is 4.39 Å². The molecule has 2 heterocycles. The smallest absolute Gasteiger partial charge is 0.132 e. The van der Waals surface area contributed by atoms with E-state index >= 15 is 0 Å². The summed E-state index contributed by atoms with van der Waals surface area (Å²) in [5, 5.41) is 22.6. The number of hydrogen-bond donors (Lipinski definition) is 3. The lowest BCUT2D eigenvalue weighted by atomic mass is 9.56. The molecule has 4 nitrogen and oxygen atoms in total. The fourth-order valence-electron chi connectivity index (χ4n) is 5.35. The first-order chi connectivity index (χ1) is 12.9. The number of fused-ring (bicyclic) bond motifs is 4. The number of benzene rings is 2. The van der Waals surface area contributed by atoms with Gasteiger partial charge in [-0.05, 0) is 55.4 Å². The van der Waals surface area contributed by atoms with Gasteiger partial charge in [0.2, 0.25) is 0 Å². The van der Waals surface area contributed by atoms with E-state index in [0.29, 0.717) is 24.8 Å². The maximum atomic E-state index is 14.6. The van der Waals surface area contributed by atoms with Crippen LogP contribution in [0.2, 0.25) is 0 Å². The Morgan fingerprint density at radius 1 is 1.15 bits per heavy atom. The molecule has 0 saturated carbocycles. The quantitative estimate of drug-likeness (QED) is 0.620. The van der Waals surface area contributed by atoms with Crippen molar-refractivity contribution in [2.24, 2.45) is 0 Å². The van der Waals surface area contributed by atoms with Gasteiger partial charge in [-0.2, -0.15) is 0 Å². The van der Waals surface area contributed by atoms with Crippen LogP contribution in [0.15, 0.2) is 42.5 Å². The fraction of sp³-hybridized carbons (Fsp3) is 0.364. The first-order valence-corrected chi connectivity index (χ1v) is 9.40. The number of aromatic hydroxyl groups is 1. The highest BCUT2D eigenvalue weighted by Gasteiger charge is 2.57. The normalized spacial score (nSPS) is 28.1. The zero-order valence-corrected chi connectivity index (χ0v) is 15.3. The number of nitrogens with zero attached hydrogens (tertiary/aromatic N) is 1. The molecule has 1 aliphatic heterocycles. The summed E-state index contributed by atoms with van der Waals surface area (Å²) in [5.74, 6) is -0.0424. The number of likely N-dealkylation sites (tertiary alicyclic amines) is 1. The third-order valence-electron chi connectivity index (χ3n) is 6.65. The van der Waals surface area contributed by atoms with Gasteiger partial charge in [0.15, 0.2) is 0 Å². The van der Waals surface area contributed by atoms with Gasteiger partial charge < -0.3 is 20.1 Å². The summed E-state index contributed by atoms with van der Waals surface area (Å²) in [6, 6.07) is 12.3. The zero-order chi connectivity index (χ0) is 18.8. The molecule has 0 unspecified atom stereocenters. The van der Waals surface area contributed by atoms with Crippen molar-refractivity contribution in [1.29, 1.82) is 0 Å². The highest BCUT2D eigenvalue weighted by molar-refractivity contribution is 5.86. The highest BCUT2D eigenvalue weighted by atomic mass is 19.1. The molecular weight excluding hydrogens is 343 g/mol. The van der Waals surface area contributed by atoms with Crippen LogP contribution in [0.5, 0.6) is 5.75 Å². The van der Waals surface area contributed by atoms with Crippen LogP contribution in [-0.2, 0) is 18.3 Å². The van der Waals surface area contributed by atoms with Gasteiger partial charge in [0, 0.05) is 41.4 Å². The molecule has 140 valence electrons. The van der Waals surface area contributed by atoms with Crippen molar-refractivity contribution in [1.82, 2.24) is 9.88 Å². The molecule has 1 saturated heterocycles. The van der Waals surface area contributed by atoms with Gasteiger partial charge in [-0.3, -0.25) is 0 Å². The monoisotopic (exact) mass is 366 g/mol. The summed E-state index contributed by atoms with van der Waals surface area (Å²) < 4.78 is 14.6.